The molecule has 1 unspecified atom stereocenters. The second-order valence-electron chi connectivity index (χ2n) is 5.52. The summed E-state index contributed by atoms with van der Waals surface area (Å²) >= 11 is 0. The van der Waals surface area contributed by atoms with Gasteiger partial charge in [-0.25, -0.2) is 9.07 Å². The summed E-state index contributed by atoms with van der Waals surface area (Å²) in [5, 5.41) is 14.1. The van der Waals surface area contributed by atoms with Crippen LogP contribution in [0.2, 0.25) is 0 Å². The summed E-state index contributed by atoms with van der Waals surface area (Å²) in [6, 6.07) is 15.6. The minimum Gasteiger partial charge on any atom is -0.491 e. The first-order valence-electron chi connectivity index (χ1n) is 7.94. The van der Waals surface area contributed by atoms with Crippen LogP contribution in [0, 0.1) is 5.82 Å². The quantitative estimate of drug-likeness (QED) is 0.684. The molecule has 3 rings (SSSR count). The average molecular weight is 342 g/mol. The van der Waals surface area contributed by atoms with Crippen LogP contribution in [0.25, 0.3) is 5.69 Å². The molecule has 0 bridgehead atoms. The smallest absolute Gasteiger partial charge is 0.128 e. The topological polar surface area (TPSA) is 56.5 Å². The molecular weight excluding hydrogens is 323 g/mol. The molecule has 1 aromatic heterocycles. The van der Waals surface area contributed by atoms with E-state index in [-0.39, 0.29) is 25.6 Å². The van der Waals surface area contributed by atoms with E-state index in [1.165, 1.54) is 6.07 Å². The number of aromatic nitrogens is 2. The van der Waals surface area contributed by atoms with Crippen LogP contribution in [0.3, 0.4) is 0 Å². The molecule has 0 aliphatic rings. The van der Waals surface area contributed by atoms with Crippen molar-refractivity contribution in [3.05, 3.63) is 78.4 Å². The van der Waals surface area contributed by atoms with Crippen molar-refractivity contribution in [2.45, 2.75) is 12.7 Å². The molecule has 25 heavy (non-hydrogen) atoms. The first kappa shape index (κ1) is 17.1. The van der Waals surface area contributed by atoms with Gasteiger partial charge in [0.25, 0.3) is 0 Å². The Balaban J connectivity index is 1.45. The Morgan fingerprint density at radius 2 is 1.96 bits per heavy atom. The van der Waals surface area contributed by atoms with Gasteiger partial charge in [-0.15, -0.1) is 0 Å². The van der Waals surface area contributed by atoms with Gasteiger partial charge in [0.05, 0.1) is 18.9 Å². The van der Waals surface area contributed by atoms with Gasteiger partial charge in [0.1, 0.15) is 24.3 Å². The summed E-state index contributed by atoms with van der Waals surface area (Å²) in [7, 11) is 0. The Hall–Kier alpha value is -2.70. The van der Waals surface area contributed by atoms with Crippen molar-refractivity contribution in [1.82, 2.24) is 9.78 Å². The van der Waals surface area contributed by atoms with Crippen LogP contribution in [-0.4, -0.2) is 34.2 Å². The molecule has 0 saturated heterocycles. The molecule has 6 heteroatoms. The van der Waals surface area contributed by atoms with Crippen LogP contribution < -0.4 is 4.74 Å². The number of nitrogens with zero attached hydrogens (tertiary/aromatic N) is 2. The highest BCUT2D eigenvalue weighted by molar-refractivity contribution is 5.38. The van der Waals surface area contributed by atoms with E-state index in [0.29, 0.717) is 11.3 Å². The zero-order valence-corrected chi connectivity index (χ0v) is 13.6. The lowest BCUT2D eigenvalue weighted by Gasteiger charge is -2.13. The zero-order valence-electron chi connectivity index (χ0n) is 13.6. The Morgan fingerprint density at radius 3 is 2.76 bits per heavy atom. The summed E-state index contributed by atoms with van der Waals surface area (Å²) in [4.78, 5) is 0. The molecule has 1 heterocycles. The maximum absolute atomic E-state index is 13.5. The van der Waals surface area contributed by atoms with Crippen LogP contribution in [0.4, 0.5) is 4.39 Å². The first-order valence-corrected chi connectivity index (χ1v) is 7.94. The third-order valence-corrected chi connectivity index (χ3v) is 3.55. The number of aliphatic hydroxyl groups is 1. The molecule has 0 aliphatic carbocycles. The number of halogens is 1. The molecule has 0 saturated carbocycles. The first-order chi connectivity index (χ1) is 12.2. The van der Waals surface area contributed by atoms with Gasteiger partial charge in [-0.3, -0.25) is 0 Å². The lowest BCUT2D eigenvalue weighted by atomic mass is 10.2. The van der Waals surface area contributed by atoms with Gasteiger partial charge in [-0.2, -0.15) is 5.10 Å². The van der Waals surface area contributed by atoms with Crippen molar-refractivity contribution in [2.24, 2.45) is 0 Å². The number of hydrogen-bond donors (Lipinski definition) is 1. The highest BCUT2D eigenvalue weighted by Gasteiger charge is 2.08. The van der Waals surface area contributed by atoms with Crippen LogP contribution in [-0.2, 0) is 11.3 Å². The summed E-state index contributed by atoms with van der Waals surface area (Å²) in [6.07, 6.45) is 2.73. The second kappa shape index (κ2) is 8.41. The lowest BCUT2D eigenvalue weighted by molar-refractivity contribution is 0.00476. The Morgan fingerprint density at radius 1 is 1.08 bits per heavy atom. The molecule has 0 fully saturated rings. The normalized spacial score (nSPS) is 12.1. The van der Waals surface area contributed by atoms with Crippen molar-refractivity contribution < 1.29 is 19.0 Å². The third kappa shape index (κ3) is 4.89. The molecule has 0 radical (unpaired) electrons. The Kier molecular flexibility index (Phi) is 5.77. The largest absolute Gasteiger partial charge is 0.491 e. The number of benzene rings is 2. The molecule has 3 aromatic rings. The van der Waals surface area contributed by atoms with Crippen molar-refractivity contribution in [2.75, 3.05) is 13.2 Å². The van der Waals surface area contributed by atoms with Crippen molar-refractivity contribution in [1.29, 1.82) is 0 Å². The standard InChI is InChI=1S/C19H19FN2O3/c20-19-8-2-1-5-15(19)12-24-13-17(23)14-25-18-7-3-6-16(11-18)22-10-4-9-21-22/h1-11,17,23H,12-14H2. The fraction of sp³-hybridized carbons (Fsp3) is 0.211. The molecule has 1 N–H and O–H groups in total. The SMILES string of the molecule is OC(COCc1ccccc1F)COc1cccc(-n2cccn2)c1. The summed E-state index contributed by atoms with van der Waals surface area (Å²) in [6.45, 7) is 0.255. The lowest BCUT2D eigenvalue weighted by Crippen LogP contribution is -2.23. The number of aliphatic hydroxyl groups excluding tert-OH is 1. The molecule has 0 aliphatic heterocycles. The molecule has 5 nitrogen and oxygen atoms in total. The van der Waals surface area contributed by atoms with Gasteiger partial charge < -0.3 is 14.6 Å². The minimum atomic E-state index is -0.805. The van der Waals surface area contributed by atoms with Crippen LogP contribution in [0.15, 0.2) is 67.0 Å². The molecule has 0 spiro atoms. The monoisotopic (exact) mass is 342 g/mol. The highest BCUT2D eigenvalue weighted by atomic mass is 19.1. The van der Waals surface area contributed by atoms with E-state index in [2.05, 4.69) is 5.10 Å². The third-order valence-electron chi connectivity index (χ3n) is 3.55. The van der Waals surface area contributed by atoms with E-state index in [1.807, 2.05) is 30.5 Å². The van der Waals surface area contributed by atoms with Crippen molar-refractivity contribution in [3.8, 4) is 11.4 Å². The maximum Gasteiger partial charge on any atom is 0.128 e. The highest BCUT2D eigenvalue weighted by Crippen LogP contribution is 2.16. The van der Waals surface area contributed by atoms with Gasteiger partial charge in [-0.1, -0.05) is 24.3 Å². The molecule has 130 valence electrons. The Labute approximate surface area is 145 Å². The predicted octanol–water partition coefficient (Wildman–Crippen LogP) is 2.97. The van der Waals surface area contributed by atoms with Crippen LogP contribution >= 0.6 is 0 Å². The van der Waals surface area contributed by atoms with Crippen LogP contribution in [0.5, 0.6) is 5.75 Å². The van der Waals surface area contributed by atoms with E-state index >= 15 is 0 Å². The van der Waals surface area contributed by atoms with Gasteiger partial charge in [0, 0.05) is 24.0 Å². The minimum absolute atomic E-state index is 0.0627. The van der Waals surface area contributed by atoms with E-state index in [0.717, 1.165) is 5.69 Å². The van der Waals surface area contributed by atoms with Crippen molar-refractivity contribution in [3.63, 3.8) is 0 Å². The van der Waals surface area contributed by atoms with E-state index < -0.39 is 6.10 Å². The van der Waals surface area contributed by atoms with Gasteiger partial charge in [-0.05, 0) is 24.3 Å². The fourth-order valence-corrected chi connectivity index (χ4v) is 2.30. The molecule has 0 amide bonds. The zero-order chi connectivity index (χ0) is 17.5. The Bertz CT molecular complexity index is 793. The average Bonchev–Trinajstić information content (AvgIpc) is 3.17. The van der Waals surface area contributed by atoms with E-state index in [1.54, 1.807) is 35.1 Å². The van der Waals surface area contributed by atoms with E-state index in [4.69, 9.17) is 9.47 Å². The van der Waals surface area contributed by atoms with Gasteiger partial charge in [0.2, 0.25) is 0 Å². The number of ether oxygens (including phenoxy) is 2. The van der Waals surface area contributed by atoms with Gasteiger partial charge in [0.15, 0.2) is 0 Å². The van der Waals surface area contributed by atoms with Gasteiger partial charge >= 0.3 is 0 Å². The molecular formula is C19H19FN2O3. The molecule has 2 aromatic carbocycles. The molecule has 1 atom stereocenters. The number of rotatable bonds is 8. The summed E-state index contributed by atoms with van der Waals surface area (Å²) in [5.41, 5.74) is 1.33. The predicted molar refractivity (Wildman–Crippen MR) is 91.1 cm³/mol. The van der Waals surface area contributed by atoms with Crippen molar-refractivity contribution >= 4 is 0 Å². The van der Waals surface area contributed by atoms with E-state index in [9.17, 15) is 9.50 Å². The maximum atomic E-state index is 13.5. The summed E-state index contributed by atoms with van der Waals surface area (Å²) < 4.78 is 26.1. The second-order valence-corrected chi connectivity index (χ2v) is 5.52. The summed E-state index contributed by atoms with van der Waals surface area (Å²) in [5.74, 6) is 0.310. The fourth-order valence-electron chi connectivity index (χ4n) is 2.30. The number of hydrogen-bond acceptors (Lipinski definition) is 4. The van der Waals surface area contributed by atoms with Crippen LogP contribution in [0.1, 0.15) is 5.56 Å².